The zero-order valence-electron chi connectivity index (χ0n) is 21.5. The van der Waals surface area contributed by atoms with Crippen molar-refractivity contribution in [2.45, 2.75) is 52.2 Å². The molecule has 0 radical (unpaired) electrons. The number of aryl methyl sites for hydroxylation is 2. The van der Waals surface area contributed by atoms with Gasteiger partial charge in [-0.3, -0.25) is 4.79 Å². The van der Waals surface area contributed by atoms with E-state index in [9.17, 15) is 9.59 Å². The summed E-state index contributed by atoms with van der Waals surface area (Å²) in [5, 5.41) is 2.93. The Morgan fingerprint density at radius 3 is 2.53 bits per heavy atom. The van der Waals surface area contributed by atoms with Gasteiger partial charge < -0.3 is 23.9 Å². The number of likely N-dealkylation sites (tertiary alicyclic amines) is 1. The second-order valence-electron chi connectivity index (χ2n) is 10.6. The Morgan fingerprint density at radius 1 is 1.06 bits per heavy atom. The number of carbonyl (C=O) groups is 2. The Labute approximate surface area is 210 Å². The predicted octanol–water partition coefficient (Wildman–Crippen LogP) is 4.93. The van der Waals surface area contributed by atoms with E-state index in [0.29, 0.717) is 31.6 Å². The zero-order chi connectivity index (χ0) is 25.6. The summed E-state index contributed by atoms with van der Waals surface area (Å²) in [6.45, 7) is 8.82. The van der Waals surface area contributed by atoms with Gasteiger partial charge in [-0.25, -0.2) is 9.78 Å². The maximum atomic E-state index is 13.5. The molecule has 4 aromatic rings. The molecule has 8 heteroatoms. The predicted molar refractivity (Wildman–Crippen MR) is 140 cm³/mol. The number of alkyl carbamates (subject to hydrolysis) is 1. The average Bonchev–Trinajstić information content (AvgIpc) is 3.41. The van der Waals surface area contributed by atoms with Crippen LogP contribution in [0.25, 0.3) is 27.7 Å². The van der Waals surface area contributed by atoms with E-state index in [1.807, 2.05) is 72.4 Å². The number of fused-ring (bicyclic) bond motifs is 2. The summed E-state index contributed by atoms with van der Waals surface area (Å²) in [6, 6.07) is 12.3. The van der Waals surface area contributed by atoms with Crippen LogP contribution < -0.4 is 5.32 Å². The van der Waals surface area contributed by atoms with E-state index in [1.54, 1.807) is 0 Å². The highest BCUT2D eigenvalue weighted by atomic mass is 16.6. The highest BCUT2D eigenvalue weighted by Gasteiger charge is 2.27. The summed E-state index contributed by atoms with van der Waals surface area (Å²) in [4.78, 5) is 32.0. The van der Waals surface area contributed by atoms with Crippen LogP contribution in [-0.2, 0) is 11.8 Å². The third kappa shape index (κ3) is 4.55. The smallest absolute Gasteiger partial charge is 0.407 e. The largest absolute Gasteiger partial charge is 0.444 e. The number of amides is 2. The number of hydrogen-bond acceptors (Lipinski definition) is 4. The topological polar surface area (TPSA) is 80.9 Å². The van der Waals surface area contributed by atoms with Crippen LogP contribution >= 0.6 is 0 Å². The first-order chi connectivity index (χ1) is 17.1. The van der Waals surface area contributed by atoms with Crippen LogP contribution in [0, 0.1) is 6.92 Å². The van der Waals surface area contributed by atoms with Crippen molar-refractivity contribution in [1.29, 1.82) is 0 Å². The molecular weight excluding hydrogens is 454 g/mol. The molecule has 1 saturated heterocycles. The molecule has 0 saturated carbocycles. The van der Waals surface area contributed by atoms with Crippen LogP contribution in [0.4, 0.5) is 4.79 Å². The molecule has 0 spiro atoms. The monoisotopic (exact) mass is 487 g/mol. The van der Waals surface area contributed by atoms with E-state index < -0.39 is 11.7 Å². The molecule has 1 fully saturated rings. The lowest BCUT2D eigenvalue weighted by molar-refractivity contribution is 0.0473. The minimum atomic E-state index is -0.530. The van der Waals surface area contributed by atoms with Crippen LogP contribution in [0.5, 0.6) is 0 Å². The van der Waals surface area contributed by atoms with Crippen molar-refractivity contribution >= 4 is 28.6 Å². The molecule has 36 heavy (non-hydrogen) atoms. The molecule has 0 aliphatic carbocycles. The van der Waals surface area contributed by atoms with Gasteiger partial charge in [0.1, 0.15) is 11.3 Å². The first-order valence-corrected chi connectivity index (χ1v) is 12.4. The number of benzene rings is 1. The van der Waals surface area contributed by atoms with Gasteiger partial charge in [0.25, 0.3) is 5.91 Å². The molecule has 188 valence electrons. The highest BCUT2D eigenvalue weighted by molar-refractivity contribution is 5.96. The number of ether oxygens (including phenoxy) is 1. The Morgan fingerprint density at radius 2 is 1.81 bits per heavy atom. The maximum Gasteiger partial charge on any atom is 0.407 e. The molecule has 1 aromatic carbocycles. The third-order valence-corrected chi connectivity index (χ3v) is 6.78. The van der Waals surface area contributed by atoms with Gasteiger partial charge in [0, 0.05) is 37.9 Å². The maximum absolute atomic E-state index is 13.5. The Hall–Kier alpha value is -3.81. The Bertz CT molecular complexity index is 1450. The number of rotatable bonds is 3. The molecule has 1 aliphatic heterocycles. The summed E-state index contributed by atoms with van der Waals surface area (Å²) in [5.74, 6) is -0.000215. The number of nitrogens with one attached hydrogen (secondary N) is 1. The molecule has 3 aromatic heterocycles. The molecule has 0 atom stereocenters. The molecule has 1 aliphatic rings. The van der Waals surface area contributed by atoms with Crippen molar-refractivity contribution in [3.63, 3.8) is 0 Å². The quantitative estimate of drug-likeness (QED) is 0.444. The van der Waals surface area contributed by atoms with Gasteiger partial charge in [0.15, 0.2) is 0 Å². The fourth-order valence-corrected chi connectivity index (χ4v) is 4.97. The molecule has 4 heterocycles. The minimum absolute atomic E-state index is 0.000215. The third-order valence-electron chi connectivity index (χ3n) is 6.78. The van der Waals surface area contributed by atoms with E-state index in [2.05, 4.69) is 35.4 Å². The molecule has 0 unspecified atom stereocenters. The van der Waals surface area contributed by atoms with Crippen LogP contribution in [0.15, 0.2) is 48.9 Å². The van der Waals surface area contributed by atoms with Gasteiger partial charge in [0.05, 0.1) is 22.9 Å². The summed E-state index contributed by atoms with van der Waals surface area (Å²) in [5.41, 5.74) is 6.48. The van der Waals surface area contributed by atoms with E-state index in [1.165, 1.54) is 0 Å². The summed E-state index contributed by atoms with van der Waals surface area (Å²) >= 11 is 0. The first-order valence-electron chi connectivity index (χ1n) is 12.4. The van der Waals surface area contributed by atoms with Crippen LogP contribution in [-0.4, -0.2) is 55.6 Å². The highest BCUT2D eigenvalue weighted by Crippen LogP contribution is 2.32. The van der Waals surface area contributed by atoms with E-state index in [0.717, 1.165) is 33.2 Å². The fraction of sp³-hybridized carbons (Fsp3) is 0.393. The zero-order valence-corrected chi connectivity index (χ0v) is 21.5. The number of carbonyl (C=O) groups excluding carboxylic acids is 2. The van der Waals surface area contributed by atoms with Crippen molar-refractivity contribution in [1.82, 2.24) is 24.2 Å². The second kappa shape index (κ2) is 9.00. The SMILES string of the molecule is Cc1cc2c(cc1-c1cccn3c(C(=O)N4CCC(NC(=O)OC(C)(C)C)CC4)ccc13)ncn2C. The first kappa shape index (κ1) is 23.9. The lowest BCUT2D eigenvalue weighted by atomic mass is 9.99. The molecule has 1 N–H and O–H groups in total. The van der Waals surface area contributed by atoms with Crippen molar-refractivity contribution in [2.24, 2.45) is 7.05 Å². The standard InChI is InChI=1S/C28H33N5O3/c1-18-15-25-22(29-17-31(25)5)16-21(18)20-7-6-12-33-23(20)8-9-24(33)26(34)32-13-10-19(11-14-32)30-27(35)36-28(2,3)4/h6-9,12,15-17,19H,10-11,13-14H2,1-5H3,(H,30,35). The van der Waals surface area contributed by atoms with Crippen molar-refractivity contribution in [3.05, 3.63) is 60.2 Å². The summed E-state index contributed by atoms with van der Waals surface area (Å²) in [7, 11) is 2.00. The van der Waals surface area contributed by atoms with Gasteiger partial charge in [0.2, 0.25) is 0 Å². The van der Waals surface area contributed by atoms with Gasteiger partial charge in [-0.05, 0) is 82.0 Å². The van der Waals surface area contributed by atoms with Crippen molar-refractivity contribution < 1.29 is 14.3 Å². The second-order valence-corrected chi connectivity index (χ2v) is 10.6. The molecule has 8 nitrogen and oxygen atoms in total. The number of hydrogen-bond donors (Lipinski definition) is 1. The molecule has 2 amide bonds. The van der Waals surface area contributed by atoms with Crippen molar-refractivity contribution in [3.8, 4) is 11.1 Å². The van der Waals surface area contributed by atoms with Gasteiger partial charge >= 0.3 is 6.09 Å². The molecule has 0 bridgehead atoms. The van der Waals surface area contributed by atoms with Crippen molar-refractivity contribution in [2.75, 3.05) is 13.1 Å². The van der Waals surface area contributed by atoms with Crippen LogP contribution in [0.2, 0.25) is 0 Å². The lowest BCUT2D eigenvalue weighted by Crippen LogP contribution is -2.47. The van der Waals surface area contributed by atoms with Gasteiger partial charge in [-0.15, -0.1) is 0 Å². The van der Waals surface area contributed by atoms with Gasteiger partial charge in [-0.2, -0.15) is 0 Å². The summed E-state index contributed by atoms with van der Waals surface area (Å²) < 4.78 is 9.36. The molecule has 5 rings (SSSR count). The Kier molecular flexibility index (Phi) is 5.98. The fourth-order valence-electron chi connectivity index (χ4n) is 4.97. The average molecular weight is 488 g/mol. The number of nitrogens with zero attached hydrogens (tertiary/aromatic N) is 4. The summed E-state index contributed by atoms with van der Waals surface area (Å²) in [6.07, 6.45) is 4.76. The minimum Gasteiger partial charge on any atom is -0.444 e. The van der Waals surface area contributed by atoms with E-state index in [-0.39, 0.29) is 11.9 Å². The molecular formula is C28H33N5O3. The van der Waals surface area contributed by atoms with E-state index in [4.69, 9.17) is 4.74 Å². The van der Waals surface area contributed by atoms with Crippen LogP contribution in [0.1, 0.15) is 49.7 Å². The number of imidazole rings is 1. The normalized spacial score (nSPS) is 15.0. The Balaban J connectivity index is 1.35. The lowest BCUT2D eigenvalue weighted by Gasteiger charge is -2.32. The number of piperidine rings is 1. The van der Waals surface area contributed by atoms with Crippen LogP contribution in [0.3, 0.4) is 0 Å². The number of aromatic nitrogens is 3. The van der Waals surface area contributed by atoms with E-state index >= 15 is 0 Å². The van der Waals surface area contributed by atoms with Gasteiger partial charge in [-0.1, -0.05) is 6.07 Å². The number of pyridine rings is 1.